The highest BCUT2D eigenvalue weighted by molar-refractivity contribution is 6.31. The summed E-state index contributed by atoms with van der Waals surface area (Å²) in [5.41, 5.74) is 13.8. The van der Waals surface area contributed by atoms with Crippen molar-refractivity contribution in [3.05, 3.63) is 34.9 Å². The number of nitrogens with one attached hydrogen (secondary N) is 1. The minimum atomic E-state index is 0.208. The second-order valence-electron chi connectivity index (χ2n) is 3.72. The molecule has 0 radical (unpaired) electrons. The van der Waals surface area contributed by atoms with Gasteiger partial charge in [0.15, 0.2) is 0 Å². The van der Waals surface area contributed by atoms with Crippen LogP contribution in [0.1, 0.15) is 5.56 Å². The van der Waals surface area contributed by atoms with Crippen LogP contribution in [0.4, 0.5) is 11.8 Å². The summed E-state index contributed by atoms with van der Waals surface area (Å²) in [6, 6.07) is 7.38. The van der Waals surface area contributed by atoms with Crippen LogP contribution < -0.4 is 16.8 Å². The summed E-state index contributed by atoms with van der Waals surface area (Å²) < 4.78 is 0. The minimum Gasteiger partial charge on any atom is -0.373 e. The Morgan fingerprint density at radius 1 is 1.33 bits per heavy atom. The van der Waals surface area contributed by atoms with Gasteiger partial charge in [-0.25, -0.2) is 4.98 Å². The molecule has 0 saturated carbocycles. The highest BCUT2D eigenvalue weighted by atomic mass is 35.5. The van der Waals surface area contributed by atoms with E-state index in [0.29, 0.717) is 23.1 Å². The highest BCUT2D eigenvalue weighted by Gasteiger charge is 2.10. The first-order valence-electron chi connectivity index (χ1n) is 5.46. The largest absolute Gasteiger partial charge is 0.373 e. The molecule has 1 aromatic carbocycles. The Balaban J connectivity index is 2.61. The predicted molar refractivity (Wildman–Crippen MR) is 74.3 cm³/mol. The second-order valence-corrected chi connectivity index (χ2v) is 4.12. The molecule has 0 saturated heterocycles. The molecule has 2 aromatic rings. The van der Waals surface area contributed by atoms with E-state index in [4.69, 9.17) is 23.1 Å². The predicted octanol–water partition coefficient (Wildman–Crippen LogP) is 1.88. The SMILES string of the molecule is CNc1cc(-c2cccc(Cl)c2CN)nc(N)n1. The van der Waals surface area contributed by atoms with E-state index in [1.807, 2.05) is 12.1 Å². The summed E-state index contributed by atoms with van der Waals surface area (Å²) >= 11 is 6.12. The van der Waals surface area contributed by atoms with E-state index in [0.717, 1.165) is 11.1 Å². The number of benzene rings is 1. The molecule has 0 unspecified atom stereocenters. The van der Waals surface area contributed by atoms with E-state index in [1.165, 1.54) is 0 Å². The molecule has 0 aliphatic heterocycles. The van der Waals surface area contributed by atoms with Crippen LogP contribution >= 0.6 is 11.6 Å². The van der Waals surface area contributed by atoms with Crippen LogP contribution in [-0.2, 0) is 6.54 Å². The Morgan fingerprint density at radius 3 is 2.78 bits per heavy atom. The van der Waals surface area contributed by atoms with Crippen molar-refractivity contribution in [2.45, 2.75) is 6.54 Å². The molecule has 5 N–H and O–H groups in total. The molecule has 2 rings (SSSR count). The lowest BCUT2D eigenvalue weighted by Gasteiger charge is -2.10. The van der Waals surface area contributed by atoms with Gasteiger partial charge in [0.2, 0.25) is 5.95 Å². The Labute approximate surface area is 110 Å². The summed E-state index contributed by atoms with van der Waals surface area (Å²) in [5.74, 6) is 0.861. The minimum absolute atomic E-state index is 0.208. The van der Waals surface area contributed by atoms with E-state index >= 15 is 0 Å². The Morgan fingerprint density at radius 2 is 2.11 bits per heavy atom. The maximum atomic E-state index is 6.12. The third-order valence-corrected chi connectivity index (χ3v) is 2.95. The van der Waals surface area contributed by atoms with E-state index in [1.54, 1.807) is 19.2 Å². The molecule has 1 aromatic heterocycles. The van der Waals surface area contributed by atoms with Crippen molar-refractivity contribution < 1.29 is 0 Å². The molecule has 6 heteroatoms. The number of halogens is 1. The van der Waals surface area contributed by atoms with Crippen molar-refractivity contribution in [3.63, 3.8) is 0 Å². The van der Waals surface area contributed by atoms with Crippen LogP contribution in [0.15, 0.2) is 24.3 Å². The summed E-state index contributed by atoms with van der Waals surface area (Å²) in [4.78, 5) is 8.26. The van der Waals surface area contributed by atoms with E-state index < -0.39 is 0 Å². The molecule has 0 atom stereocenters. The Bertz CT molecular complexity index is 570. The first-order chi connectivity index (χ1) is 8.65. The average molecular weight is 264 g/mol. The molecule has 0 aliphatic carbocycles. The van der Waals surface area contributed by atoms with Gasteiger partial charge in [0.1, 0.15) is 5.82 Å². The van der Waals surface area contributed by atoms with Crippen molar-refractivity contribution >= 4 is 23.4 Å². The molecule has 1 heterocycles. The quantitative estimate of drug-likeness (QED) is 0.787. The lowest BCUT2D eigenvalue weighted by molar-refractivity contribution is 1.07. The zero-order chi connectivity index (χ0) is 13.1. The Kier molecular flexibility index (Phi) is 3.64. The molecule has 0 fully saturated rings. The van der Waals surface area contributed by atoms with Gasteiger partial charge in [-0.1, -0.05) is 23.7 Å². The van der Waals surface area contributed by atoms with Crippen molar-refractivity contribution in [1.29, 1.82) is 0 Å². The molecule has 94 valence electrons. The van der Waals surface area contributed by atoms with Crippen molar-refractivity contribution in [3.8, 4) is 11.3 Å². The van der Waals surface area contributed by atoms with Gasteiger partial charge in [0.05, 0.1) is 5.69 Å². The molecular weight excluding hydrogens is 250 g/mol. The van der Waals surface area contributed by atoms with Crippen molar-refractivity contribution in [1.82, 2.24) is 9.97 Å². The zero-order valence-electron chi connectivity index (χ0n) is 9.94. The lowest BCUT2D eigenvalue weighted by Crippen LogP contribution is -2.04. The first-order valence-corrected chi connectivity index (χ1v) is 5.83. The summed E-state index contributed by atoms with van der Waals surface area (Å²) in [5, 5.41) is 3.56. The smallest absolute Gasteiger partial charge is 0.222 e. The highest BCUT2D eigenvalue weighted by Crippen LogP contribution is 2.28. The van der Waals surface area contributed by atoms with Gasteiger partial charge in [0, 0.05) is 30.2 Å². The summed E-state index contributed by atoms with van der Waals surface area (Å²) in [6.45, 7) is 0.341. The number of nitrogens with two attached hydrogens (primary N) is 2. The van der Waals surface area contributed by atoms with E-state index in [-0.39, 0.29) is 5.95 Å². The van der Waals surface area contributed by atoms with Crippen LogP contribution in [0.2, 0.25) is 5.02 Å². The number of aromatic nitrogens is 2. The molecule has 18 heavy (non-hydrogen) atoms. The third kappa shape index (κ3) is 2.37. The number of nitrogen functional groups attached to an aromatic ring is 1. The van der Waals surface area contributed by atoms with Crippen LogP contribution in [0.5, 0.6) is 0 Å². The van der Waals surface area contributed by atoms with Gasteiger partial charge in [0.25, 0.3) is 0 Å². The maximum absolute atomic E-state index is 6.12. The van der Waals surface area contributed by atoms with Gasteiger partial charge >= 0.3 is 0 Å². The third-order valence-electron chi connectivity index (χ3n) is 2.60. The van der Waals surface area contributed by atoms with Gasteiger partial charge in [-0.2, -0.15) is 4.98 Å². The molecule has 0 aliphatic rings. The van der Waals surface area contributed by atoms with Crippen LogP contribution in [0, 0.1) is 0 Å². The van der Waals surface area contributed by atoms with Gasteiger partial charge in [-0.15, -0.1) is 0 Å². The molecule has 0 spiro atoms. The lowest BCUT2D eigenvalue weighted by atomic mass is 10.0. The van der Waals surface area contributed by atoms with Crippen molar-refractivity contribution in [2.75, 3.05) is 18.1 Å². The maximum Gasteiger partial charge on any atom is 0.222 e. The van der Waals surface area contributed by atoms with E-state index in [2.05, 4.69) is 15.3 Å². The molecule has 0 bridgehead atoms. The summed E-state index contributed by atoms with van der Waals surface area (Å²) in [7, 11) is 1.77. The molecule has 5 nitrogen and oxygen atoms in total. The molecule has 0 amide bonds. The van der Waals surface area contributed by atoms with E-state index in [9.17, 15) is 0 Å². The normalized spacial score (nSPS) is 10.4. The van der Waals surface area contributed by atoms with Gasteiger partial charge in [-0.05, 0) is 11.6 Å². The zero-order valence-corrected chi connectivity index (χ0v) is 10.7. The first kappa shape index (κ1) is 12.6. The number of rotatable bonds is 3. The number of hydrogen-bond acceptors (Lipinski definition) is 5. The topological polar surface area (TPSA) is 89.8 Å². The Hall–Kier alpha value is -1.85. The van der Waals surface area contributed by atoms with Crippen LogP contribution in [0.25, 0.3) is 11.3 Å². The summed E-state index contributed by atoms with van der Waals surface area (Å²) in [6.07, 6.45) is 0. The fraction of sp³-hybridized carbons (Fsp3) is 0.167. The van der Waals surface area contributed by atoms with Crippen molar-refractivity contribution in [2.24, 2.45) is 5.73 Å². The fourth-order valence-electron chi connectivity index (χ4n) is 1.74. The van der Waals surface area contributed by atoms with Gasteiger partial charge in [-0.3, -0.25) is 0 Å². The van der Waals surface area contributed by atoms with Crippen LogP contribution in [-0.4, -0.2) is 17.0 Å². The number of anilines is 2. The standard InChI is InChI=1S/C12H14ClN5/c1-16-11-5-10(17-12(15)18-11)7-3-2-4-9(13)8(7)6-14/h2-5H,6,14H2,1H3,(H3,15,16,17,18). The average Bonchev–Trinajstić information content (AvgIpc) is 2.37. The second kappa shape index (κ2) is 5.20. The fourth-order valence-corrected chi connectivity index (χ4v) is 1.99. The van der Waals surface area contributed by atoms with Gasteiger partial charge < -0.3 is 16.8 Å². The number of nitrogens with zero attached hydrogens (tertiary/aromatic N) is 2. The number of hydrogen-bond donors (Lipinski definition) is 3. The monoisotopic (exact) mass is 263 g/mol. The molecular formula is C12H14ClN5. The van der Waals surface area contributed by atoms with Crippen LogP contribution in [0.3, 0.4) is 0 Å².